The second-order valence-corrected chi connectivity index (χ2v) is 5.17. The van der Waals surface area contributed by atoms with Crippen molar-refractivity contribution in [3.8, 4) is 0 Å². The molecule has 0 aliphatic carbocycles. The first-order chi connectivity index (χ1) is 7.81. The second kappa shape index (κ2) is 6.77. The minimum Gasteiger partial charge on any atom is -0.480 e. The number of allylic oxidation sites excluding steroid dienone is 4. The van der Waals surface area contributed by atoms with E-state index >= 15 is 0 Å². The van der Waals surface area contributed by atoms with Gasteiger partial charge in [-0.2, -0.15) is 0 Å². The Labute approximate surface area is 111 Å². The van der Waals surface area contributed by atoms with Gasteiger partial charge in [-0.1, -0.05) is 48.5 Å². The fourth-order valence-corrected chi connectivity index (χ4v) is 1.95. The average Bonchev–Trinajstić information content (AvgIpc) is 2.24. The molecule has 0 saturated carbocycles. The van der Waals surface area contributed by atoms with E-state index in [1.165, 1.54) is 0 Å². The van der Waals surface area contributed by atoms with Gasteiger partial charge in [0.15, 0.2) is 0 Å². The van der Waals surface area contributed by atoms with E-state index in [0.29, 0.717) is 0 Å². The Morgan fingerprint density at radius 1 is 1.53 bits per heavy atom. The molecule has 1 unspecified atom stereocenters. The van der Waals surface area contributed by atoms with E-state index in [4.69, 9.17) is 0 Å². The van der Waals surface area contributed by atoms with Gasteiger partial charge in [0.25, 0.3) is 0 Å². The van der Waals surface area contributed by atoms with Gasteiger partial charge < -0.3 is 10.4 Å². The monoisotopic (exact) mass is 301 g/mol. The molecule has 17 heavy (non-hydrogen) atoms. The van der Waals surface area contributed by atoms with E-state index < -0.39 is 17.4 Å². The lowest BCUT2D eigenvalue weighted by Gasteiger charge is -2.32. The molecule has 0 aromatic rings. The highest BCUT2D eigenvalue weighted by atomic mass is 79.9. The summed E-state index contributed by atoms with van der Waals surface area (Å²) in [6.45, 7) is 9.42. The van der Waals surface area contributed by atoms with Crippen molar-refractivity contribution in [3.05, 3.63) is 34.9 Å². The van der Waals surface area contributed by atoms with Crippen molar-refractivity contribution in [1.29, 1.82) is 0 Å². The van der Waals surface area contributed by atoms with Crippen LogP contribution in [0.25, 0.3) is 0 Å². The number of halogens is 1. The van der Waals surface area contributed by atoms with Crippen LogP contribution < -0.4 is 5.32 Å². The summed E-state index contributed by atoms with van der Waals surface area (Å²) < 4.78 is 0.903. The zero-order valence-corrected chi connectivity index (χ0v) is 12.3. The van der Waals surface area contributed by atoms with Gasteiger partial charge in [0.2, 0.25) is 0 Å². The van der Waals surface area contributed by atoms with Crippen LogP contribution in [0.5, 0.6) is 0 Å². The van der Waals surface area contributed by atoms with Gasteiger partial charge >= 0.3 is 5.97 Å². The van der Waals surface area contributed by atoms with Crippen molar-refractivity contribution < 1.29 is 9.90 Å². The SMILES string of the molecule is C=C/C(=C\C(Br)=C/C)C(C)(C)C(NC)C(=O)O. The van der Waals surface area contributed by atoms with Crippen molar-refractivity contribution in [2.75, 3.05) is 7.05 Å². The predicted octanol–water partition coefficient (Wildman–Crippen LogP) is 3.10. The highest BCUT2D eigenvalue weighted by Crippen LogP contribution is 2.33. The minimum absolute atomic E-state index is 0.551. The lowest BCUT2D eigenvalue weighted by Crippen LogP contribution is -2.46. The van der Waals surface area contributed by atoms with Crippen LogP contribution in [0, 0.1) is 5.41 Å². The molecule has 96 valence electrons. The molecule has 0 spiro atoms. The third kappa shape index (κ3) is 4.13. The fraction of sp³-hybridized carbons (Fsp3) is 0.462. The Morgan fingerprint density at radius 2 is 2.06 bits per heavy atom. The summed E-state index contributed by atoms with van der Waals surface area (Å²) in [5, 5.41) is 12.0. The molecular weight excluding hydrogens is 282 g/mol. The number of rotatable bonds is 6. The first-order valence-corrected chi connectivity index (χ1v) is 6.17. The van der Waals surface area contributed by atoms with Crippen LogP contribution in [-0.4, -0.2) is 24.2 Å². The normalized spacial score (nSPS) is 15.6. The molecule has 0 rings (SSSR count). The second-order valence-electron chi connectivity index (χ2n) is 4.26. The zero-order chi connectivity index (χ0) is 13.6. The highest BCUT2D eigenvalue weighted by Gasteiger charge is 2.36. The molecular formula is C13H20BrNO2. The number of carbonyl (C=O) groups is 1. The number of likely N-dealkylation sites (N-methyl/N-ethyl adjacent to an activating group) is 1. The molecule has 0 radical (unpaired) electrons. The molecule has 0 aromatic heterocycles. The van der Waals surface area contributed by atoms with Gasteiger partial charge in [-0.25, -0.2) is 0 Å². The van der Waals surface area contributed by atoms with Crippen molar-refractivity contribution in [3.63, 3.8) is 0 Å². The van der Waals surface area contributed by atoms with Crippen LogP contribution in [0.2, 0.25) is 0 Å². The van der Waals surface area contributed by atoms with E-state index in [9.17, 15) is 9.90 Å². The Balaban J connectivity index is 5.45. The maximum atomic E-state index is 11.2. The molecule has 3 nitrogen and oxygen atoms in total. The molecule has 0 fully saturated rings. The number of aliphatic carboxylic acids is 1. The van der Waals surface area contributed by atoms with Crippen molar-refractivity contribution in [1.82, 2.24) is 5.32 Å². The molecule has 0 heterocycles. The molecule has 4 heteroatoms. The predicted molar refractivity (Wildman–Crippen MR) is 75.2 cm³/mol. The van der Waals surface area contributed by atoms with Gasteiger partial charge in [0.1, 0.15) is 6.04 Å². The van der Waals surface area contributed by atoms with Crippen LogP contribution >= 0.6 is 15.9 Å². The Hall–Kier alpha value is -0.870. The van der Waals surface area contributed by atoms with Crippen molar-refractivity contribution >= 4 is 21.9 Å². The van der Waals surface area contributed by atoms with E-state index in [2.05, 4.69) is 27.8 Å². The molecule has 0 aliphatic heterocycles. The highest BCUT2D eigenvalue weighted by molar-refractivity contribution is 9.11. The number of carboxylic acid groups (broad SMARTS) is 1. The third-order valence-electron chi connectivity index (χ3n) is 2.79. The largest absolute Gasteiger partial charge is 0.480 e. The summed E-state index contributed by atoms with van der Waals surface area (Å²) >= 11 is 3.39. The quantitative estimate of drug-likeness (QED) is 0.741. The van der Waals surface area contributed by atoms with Crippen LogP contribution in [0.3, 0.4) is 0 Å². The summed E-state index contributed by atoms with van der Waals surface area (Å²) in [7, 11) is 1.64. The minimum atomic E-state index is -0.873. The van der Waals surface area contributed by atoms with Crippen molar-refractivity contribution in [2.24, 2.45) is 5.41 Å². The van der Waals surface area contributed by atoms with Crippen LogP contribution in [0.4, 0.5) is 0 Å². The number of carboxylic acids is 1. The molecule has 0 bridgehead atoms. The number of nitrogens with one attached hydrogen (secondary N) is 1. The Kier molecular flexibility index (Phi) is 6.42. The van der Waals surface area contributed by atoms with Gasteiger partial charge in [-0.05, 0) is 25.6 Å². The summed E-state index contributed by atoms with van der Waals surface area (Å²) in [5.74, 6) is -0.873. The van der Waals surface area contributed by atoms with E-state index in [0.717, 1.165) is 10.1 Å². The summed E-state index contributed by atoms with van der Waals surface area (Å²) in [6.07, 6.45) is 5.48. The zero-order valence-electron chi connectivity index (χ0n) is 10.7. The molecule has 1 atom stereocenters. The van der Waals surface area contributed by atoms with Crippen molar-refractivity contribution in [2.45, 2.75) is 26.8 Å². The van der Waals surface area contributed by atoms with Crippen LogP contribution in [-0.2, 0) is 4.79 Å². The maximum absolute atomic E-state index is 11.2. The van der Waals surface area contributed by atoms with Gasteiger partial charge in [-0.3, -0.25) is 4.79 Å². The van der Waals surface area contributed by atoms with Gasteiger partial charge in [0.05, 0.1) is 0 Å². The Bertz CT molecular complexity index is 356. The first-order valence-electron chi connectivity index (χ1n) is 5.37. The van der Waals surface area contributed by atoms with E-state index in [1.54, 1.807) is 13.1 Å². The molecule has 0 amide bonds. The number of hydrogen-bond acceptors (Lipinski definition) is 2. The van der Waals surface area contributed by atoms with Gasteiger partial charge in [-0.15, -0.1) is 0 Å². The number of hydrogen-bond donors (Lipinski definition) is 2. The molecule has 0 saturated heterocycles. The summed E-state index contributed by atoms with van der Waals surface area (Å²) in [4.78, 5) is 11.2. The maximum Gasteiger partial charge on any atom is 0.321 e. The van der Waals surface area contributed by atoms with E-state index in [-0.39, 0.29) is 0 Å². The average molecular weight is 302 g/mol. The first kappa shape index (κ1) is 16.1. The Morgan fingerprint density at radius 3 is 2.35 bits per heavy atom. The van der Waals surface area contributed by atoms with Crippen LogP contribution in [0.1, 0.15) is 20.8 Å². The molecule has 0 aliphatic rings. The standard InChI is InChI=1S/C13H20BrNO2/c1-6-9(8-10(14)7-2)13(3,4)11(15-5)12(16)17/h6-8,11,15H,1H2,2-5H3,(H,16,17)/b9-8+,10-7+. The van der Waals surface area contributed by atoms with Crippen LogP contribution in [0.15, 0.2) is 34.9 Å². The third-order valence-corrected chi connectivity index (χ3v) is 3.48. The van der Waals surface area contributed by atoms with Gasteiger partial charge in [0, 0.05) is 9.90 Å². The summed E-state index contributed by atoms with van der Waals surface area (Å²) in [5.41, 5.74) is 0.314. The molecule has 2 N–H and O–H groups in total. The smallest absolute Gasteiger partial charge is 0.321 e. The fourth-order valence-electron chi connectivity index (χ4n) is 1.70. The lowest BCUT2D eigenvalue weighted by molar-refractivity contribution is -0.141. The van der Waals surface area contributed by atoms with E-state index in [1.807, 2.05) is 32.9 Å². The molecule has 0 aromatic carbocycles. The summed E-state index contributed by atoms with van der Waals surface area (Å²) in [6, 6.07) is -0.663. The topological polar surface area (TPSA) is 49.3 Å². The lowest BCUT2D eigenvalue weighted by atomic mass is 9.77.